The standard InChI is InChI=1S/C9H12O.C3H6O2/c1-2-5-8-6-3-4-7-9(8)10;1-2-5-3-4/h3-4,6-7,10H,2,5H2,1H3;3H,2H2,1H3. The molecule has 1 N–H and O–H groups in total. The third-order valence-corrected chi connectivity index (χ3v) is 1.75. The van der Waals surface area contributed by atoms with Gasteiger partial charge in [0.25, 0.3) is 6.47 Å². The number of aromatic hydroxyl groups is 1. The number of hydrogen-bond acceptors (Lipinski definition) is 3. The van der Waals surface area contributed by atoms with Gasteiger partial charge in [0, 0.05) is 0 Å². The van der Waals surface area contributed by atoms with E-state index >= 15 is 0 Å². The molecule has 1 rings (SSSR count). The summed E-state index contributed by atoms with van der Waals surface area (Å²) >= 11 is 0. The van der Waals surface area contributed by atoms with Crippen LogP contribution >= 0.6 is 0 Å². The zero-order valence-electron chi connectivity index (χ0n) is 9.27. The number of hydrogen-bond donors (Lipinski definition) is 1. The van der Waals surface area contributed by atoms with Crippen molar-refractivity contribution in [2.24, 2.45) is 0 Å². The summed E-state index contributed by atoms with van der Waals surface area (Å²) in [6.07, 6.45) is 2.05. The van der Waals surface area contributed by atoms with E-state index < -0.39 is 0 Å². The Morgan fingerprint density at radius 1 is 1.33 bits per heavy atom. The first-order chi connectivity index (χ1) is 7.26. The minimum Gasteiger partial charge on any atom is -0.508 e. The first-order valence-electron chi connectivity index (χ1n) is 5.08. The van der Waals surface area contributed by atoms with E-state index in [2.05, 4.69) is 11.7 Å². The monoisotopic (exact) mass is 210 g/mol. The van der Waals surface area contributed by atoms with Crippen molar-refractivity contribution in [1.29, 1.82) is 0 Å². The Morgan fingerprint density at radius 3 is 2.40 bits per heavy atom. The topological polar surface area (TPSA) is 46.5 Å². The molecule has 0 aliphatic rings. The van der Waals surface area contributed by atoms with Gasteiger partial charge in [-0.2, -0.15) is 0 Å². The molecule has 15 heavy (non-hydrogen) atoms. The third-order valence-electron chi connectivity index (χ3n) is 1.75. The highest BCUT2D eigenvalue weighted by atomic mass is 16.5. The maximum Gasteiger partial charge on any atom is 0.293 e. The van der Waals surface area contributed by atoms with Gasteiger partial charge >= 0.3 is 0 Å². The molecule has 1 aromatic carbocycles. The van der Waals surface area contributed by atoms with E-state index in [1.54, 1.807) is 13.0 Å². The van der Waals surface area contributed by atoms with Crippen LogP contribution in [-0.2, 0) is 16.0 Å². The molecule has 84 valence electrons. The number of ether oxygens (including phenoxy) is 1. The maximum absolute atomic E-state index is 9.24. The average Bonchev–Trinajstić information content (AvgIpc) is 2.24. The van der Waals surface area contributed by atoms with E-state index in [1.807, 2.05) is 18.2 Å². The number of para-hydroxylation sites is 1. The Bertz CT molecular complexity index is 271. The Balaban J connectivity index is 0.000000336. The fraction of sp³-hybridized carbons (Fsp3) is 0.417. The Hall–Kier alpha value is -1.51. The number of phenolic OH excluding ortho intramolecular Hbond substituents is 1. The normalized spacial score (nSPS) is 8.67. The van der Waals surface area contributed by atoms with Gasteiger partial charge in [-0.15, -0.1) is 0 Å². The summed E-state index contributed by atoms with van der Waals surface area (Å²) in [7, 11) is 0. The summed E-state index contributed by atoms with van der Waals surface area (Å²) in [5.41, 5.74) is 1.05. The zero-order valence-corrected chi connectivity index (χ0v) is 9.27. The molecule has 0 amide bonds. The molecule has 0 heterocycles. The van der Waals surface area contributed by atoms with E-state index in [0.29, 0.717) is 18.8 Å². The molecular weight excluding hydrogens is 192 g/mol. The molecule has 3 nitrogen and oxygen atoms in total. The molecule has 0 saturated carbocycles. The van der Waals surface area contributed by atoms with E-state index in [4.69, 9.17) is 0 Å². The Labute approximate surface area is 90.7 Å². The second-order valence-corrected chi connectivity index (χ2v) is 2.93. The maximum atomic E-state index is 9.24. The van der Waals surface area contributed by atoms with Crippen LogP contribution in [0.5, 0.6) is 5.75 Å². The van der Waals surface area contributed by atoms with Gasteiger partial charge in [-0.1, -0.05) is 31.5 Å². The molecule has 0 aliphatic heterocycles. The summed E-state index contributed by atoms with van der Waals surface area (Å²) < 4.78 is 4.15. The number of benzene rings is 1. The molecule has 0 radical (unpaired) electrons. The lowest BCUT2D eigenvalue weighted by Crippen LogP contribution is -1.81. The van der Waals surface area contributed by atoms with Gasteiger partial charge < -0.3 is 9.84 Å². The molecule has 0 aliphatic carbocycles. The second-order valence-electron chi connectivity index (χ2n) is 2.93. The average molecular weight is 210 g/mol. The molecule has 0 spiro atoms. The Kier molecular flexibility index (Phi) is 8.15. The number of aryl methyl sites for hydroxylation is 1. The predicted octanol–water partition coefficient (Wildman–Crippen LogP) is 2.52. The van der Waals surface area contributed by atoms with E-state index in [1.165, 1.54) is 0 Å². The lowest BCUT2D eigenvalue weighted by molar-refractivity contribution is -0.128. The highest BCUT2D eigenvalue weighted by Crippen LogP contribution is 2.16. The molecule has 0 unspecified atom stereocenters. The Morgan fingerprint density at radius 2 is 2.00 bits per heavy atom. The minimum absolute atomic E-state index is 0.421. The van der Waals surface area contributed by atoms with E-state index in [0.717, 1.165) is 18.4 Å². The van der Waals surface area contributed by atoms with Crippen LogP contribution in [-0.4, -0.2) is 18.2 Å². The van der Waals surface area contributed by atoms with Crippen molar-refractivity contribution < 1.29 is 14.6 Å². The molecule has 0 bridgehead atoms. The fourth-order valence-corrected chi connectivity index (χ4v) is 1.06. The van der Waals surface area contributed by atoms with Gasteiger partial charge in [0.2, 0.25) is 0 Å². The van der Waals surface area contributed by atoms with Crippen LogP contribution in [0, 0.1) is 0 Å². The lowest BCUT2D eigenvalue weighted by Gasteiger charge is -1.99. The van der Waals surface area contributed by atoms with Crippen LogP contribution < -0.4 is 0 Å². The molecule has 0 atom stereocenters. The van der Waals surface area contributed by atoms with Crippen molar-refractivity contribution in [2.45, 2.75) is 26.7 Å². The summed E-state index contributed by atoms with van der Waals surface area (Å²) in [5, 5.41) is 9.24. The van der Waals surface area contributed by atoms with Crippen LogP contribution in [0.25, 0.3) is 0 Å². The SMILES string of the molecule is CCCc1ccccc1O.CCOC=O. The zero-order chi connectivity index (χ0) is 11.5. The number of carbonyl (C=O) groups is 1. The van der Waals surface area contributed by atoms with Crippen molar-refractivity contribution in [2.75, 3.05) is 6.61 Å². The van der Waals surface area contributed by atoms with Crippen LogP contribution in [0.15, 0.2) is 24.3 Å². The summed E-state index contributed by atoms with van der Waals surface area (Å²) in [4.78, 5) is 9.18. The van der Waals surface area contributed by atoms with Gasteiger partial charge in [0.05, 0.1) is 6.61 Å². The van der Waals surface area contributed by atoms with Gasteiger partial charge in [0.1, 0.15) is 5.75 Å². The first-order valence-corrected chi connectivity index (χ1v) is 5.08. The highest BCUT2D eigenvalue weighted by molar-refractivity contribution is 5.36. The van der Waals surface area contributed by atoms with Gasteiger partial charge in [-0.25, -0.2) is 0 Å². The number of carbonyl (C=O) groups excluding carboxylic acids is 1. The van der Waals surface area contributed by atoms with E-state index in [9.17, 15) is 9.90 Å². The van der Waals surface area contributed by atoms with Crippen molar-refractivity contribution in [3.05, 3.63) is 29.8 Å². The summed E-state index contributed by atoms with van der Waals surface area (Å²) in [6, 6.07) is 7.48. The second kappa shape index (κ2) is 9.06. The third kappa shape index (κ3) is 6.55. The van der Waals surface area contributed by atoms with Crippen LogP contribution in [0.3, 0.4) is 0 Å². The number of rotatable bonds is 4. The first kappa shape index (κ1) is 13.5. The smallest absolute Gasteiger partial charge is 0.293 e. The summed E-state index contributed by atoms with van der Waals surface area (Å²) in [6.45, 7) is 4.77. The summed E-state index contributed by atoms with van der Waals surface area (Å²) in [5.74, 6) is 0.421. The van der Waals surface area contributed by atoms with Gasteiger partial charge in [0.15, 0.2) is 0 Å². The van der Waals surface area contributed by atoms with Gasteiger partial charge in [-0.05, 0) is 25.0 Å². The van der Waals surface area contributed by atoms with Crippen molar-refractivity contribution in [3.63, 3.8) is 0 Å². The van der Waals surface area contributed by atoms with Crippen LogP contribution in [0.4, 0.5) is 0 Å². The molecule has 0 fully saturated rings. The quantitative estimate of drug-likeness (QED) is 0.777. The van der Waals surface area contributed by atoms with Gasteiger partial charge in [-0.3, -0.25) is 4.79 Å². The molecule has 3 heteroatoms. The largest absolute Gasteiger partial charge is 0.508 e. The van der Waals surface area contributed by atoms with Crippen molar-refractivity contribution in [1.82, 2.24) is 0 Å². The van der Waals surface area contributed by atoms with E-state index in [-0.39, 0.29) is 0 Å². The van der Waals surface area contributed by atoms with Crippen LogP contribution in [0.2, 0.25) is 0 Å². The lowest BCUT2D eigenvalue weighted by atomic mass is 10.1. The van der Waals surface area contributed by atoms with Crippen molar-refractivity contribution >= 4 is 6.47 Å². The van der Waals surface area contributed by atoms with Crippen LogP contribution in [0.1, 0.15) is 25.8 Å². The molecule has 1 aromatic rings. The molecular formula is C12H18O3. The highest BCUT2D eigenvalue weighted by Gasteiger charge is 1.95. The fourth-order valence-electron chi connectivity index (χ4n) is 1.06. The minimum atomic E-state index is 0.421. The molecule has 0 aromatic heterocycles. The number of phenols is 1. The predicted molar refractivity (Wildman–Crippen MR) is 59.8 cm³/mol. The molecule has 0 saturated heterocycles. The van der Waals surface area contributed by atoms with Crippen molar-refractivity contribution in [3.8, 4) is 5.75 Å².